The number of hydrogen-bond donors (Lipinski definition) is 0. The quantitative estimate of drug-likeness (QED) is 0.547. The zero-order chi connectivity index (χ0) is 7.98. The number of Topliss-reactive ketones (excluding diaryl/α,β-unsaturated/α-hetero) is 1. The molecule has 1 atom stereocenters. The molecule has 0 saturated carbocycles. The second-order valence-corrected chi connectivity index (χ2v) is 1.95. The maximum atomic E-state index is 10.9. The SMILES string of the molecule is CC#CCC(=O)C(C)OC. The highest BCUT2D eigenvalue weighted by atomic mass is 16.5. The van der Waals surface area contributed by atoms with Gasteiger partial charge in [0.1, 0.15) is 6.10 Å². The zero-order valence-corrected chi connectivity index (χ0v) is 6.60. The summed E-state index contributed by atoms with van der Waals surface area (Å²) in [6.45, 7) is 3.43. The molecule has 0 aromatic heterocycles. The molecule has 0 aliphatic rings. The van der Waals surface area contributed by atoms with Crippen molar-refractivity contribution in [3.63, 3.8) is 0 Å². The van der Waals surface area contributed by atoms with Gasteiger partial charge in [0.25, 0.3) is 0 Å². The van der Waals surface area contributed by atoms with Crippen LogP contribution >= 0.6 is 0 Å². The molecule has 0 radical (unpaired) electrons. The fraction of sp³-hybridized carbons (Fsp3) is 0.625. The summed E-state index contributed by atoms with van der Waals surface area (Å²) in [5.41, 5.74) is 0. The van der Waals surface area contributed by atoms with Gasteiger partial charge >= 0.3 is 0 Å². The van der Waals surface area contributed by atoms with Gasteiger partial charge in [-0.05, 0) is 13.8 Å². The Balaban J connectivity index is 3.69. The van der Waals surface area contributed by atoms with Crippen LogP contribution in [0.25, 0.3) is 0 Å². The normalized spacial score (nSPS) is 11.5. The minimum absolute atomic E-state index is 0.0388. The molecule has 0 aliphatic heterocycles. The smallest absolute Gasteiger partial charge is 0.173 e. The number of carbonyl (C=O) groups excluding carboxylic acids is 1. The van der Waals surface area contributed by atoms with Crippen molar-refractivity contribution in [2.45, 2.75) is 26.4 Å². The van der Waals surface area contributed by atoms with Gasteiger partial charge in [0.2, 0.25) is 0 Å². The van der Waals surface area contributed by atoms with Crippen molar-refractivity contribution >= 4 is 5.78 Å². The van der Waals surface area contributed by atoms with E-state index in [4.69, 9.17) is 4.74 Å². The largest absolute Gasteiger partial charge is 0.374 e. The topological polar surface area (TPSA) is 26.3 Å². The molecule has 0 aromatic rings. The molecule has 0 spiro atoms. The molecule has 0 saturated heterocycles. The molecule has 0 heterocycles. The summed E-state index contributed by atoms with van der Waals surface area (Å²) in [4.78, 5) is 10.9. The summed E-state index contributed by atoms with van der Waals surface area (Å²) < 4.78 is 4.79. The van der Waals surface area contributed by atoms with E-state index in [1.165, 1.54) is 7.11 Å². The van der Waals surface area contributed by atoms with Crippen LogP contribution in [0.5, 0.6) is 0 Å². The van der Waals surface area contributed by atoms with E-state index in [1.807, 2.05) is 0 Å². The number of rotatable bonds is 3. The van der Waals surface area contributed by atoms with Gasteiger partial charge in [-0.25, -0.2) is 0 Å². The molecule has 0 aliphatic carbocycles. The molecular weight excluding hydrogens is 128 g/mol. The van der Waals surface area contributed by atoms with E-state index < -0.39 is 0 Å². The molecule has 0 rings (SSSR count). The third-order valence-corrected chi connectivity index (χ3v) is 1.25. The minimum Gasteiger partial charge on any atom is -0.374 e. The average molecular weight is 140 g/mol. The summed E-state index contributed by atoms with van der Waals surface area (Å²) in [6.07, 6.45) is -0.0215. The van der Waals surface area contributed by atoms with Gasteiger partial charge in [-0.1, -0.05) is 5.92 Å². The summed E-state index contributed by atoms with van der Waals surface area (Å²) >= 11 is 0. The maximum absolute atomic E-state index is 10.9. The molecular formula is C8H12O2. The Morgan fingerprint density at radius 2 is 2.30 bits per heavy atom. The molecule has 0 amide bonds. The molecule has 56 valence electrons. The van der Waals surface area contributed by atoms with Crippen LogP contribution in [0.15, 0.2) is 0 Å². The van der Waals surface area contributed by atoms with Crippen molar-refractivity contribution in [1.82, 2.24) is 0 Å². The fourth-order valence-corrected chi connectivity index (χ4v) is 0.451. The standard InChI is InChI=1S/C8H12O2/c1-4-5-6-8(9)7(2)10-3/h7H,6H2,1-3H3. The van der Waals surface area contributed by atoms with Crippen LogP contribution in [0.3, 0.4) is 0 Å². The van der Waals surface area contributed by atoms with E-state index in [0.29, 0.717) is 6.42 Å². The lowest BCUT2D eigenvalue weighted by Crippen LogP contribution is -2.17. The van der Waals surface area contributed by atoms with Gasteiger partial charge in [-0.15, -0.1) is 5.92 Å². The molecule has 0 aromatic carbocycles. The predicted octanol–water partition coefficient (Wildman–Crippen LogP) is 1.00. The Morgan fingerprint density at radius 1 is 1.70 bits per heavy atom. The molecule has 10 heavy (non-hydrogen) atoms. The third kappa shape index (κ3) is 3.26. The van der Waals surface area contributed by atoms with E-state index in [0.717, 1.165) is 0 Å². The molecule has 0 bridgehead atoms. The average Bonchev–Trinajstić information content (AvgIpc) is 1.98. The minimum atomic E-state index is -0.319. The van der Waals surface area contributed by atoms with Crippen molar-refractivity contribution in [2.24, 2.45) is 0 Å². The highest BCUT2D eigenvalue weighted by molar-refractivity contribution is 5.84. The number of hydrogen-bond acceptors (Lipinski definition) is 2. The second-order valence-electron chi connectivity index (χ2n) is 1.95. The van der Waals surface area contributed by atoms with Gasteiger partial charge < -0.3 is 4.74 Å². The number of methoxy groups -OCH3 is 1. The van der Waals surface area contributed by atoms with E-state index in [9.17, 15) is 4.79 Å². The molecule has 2 heteroatoms. The second kappa shape index (κ2) is 5.01. The number of carbonyl (C=O) groups is 1. The van der Waals surface area contributed by atoms with Crippen LogP contribution in [0.4, 0.5) is 0 Å². The zero-order valence-electron chi connectivity index (χ0n) is 6.60. The van der Waals surface area contributed by atoms with E-state index >= 15 is 0 Å². The summed E-state index contributed by atoms with van der Waals surface area (Å²) in [7, 11) is 1.52. The van der Waals surface area contributed by atoms with Crippen molar-refractivity contribution in [1.29, 1.82) is 0 Å². The van der Waals surface area contributed by atoms with E-state index in [1.54, 1.807) is 13.8 Å². The van der Waals surface area contributed by atoms with E-state index in [2.05, 4.69) is 11.8 Å². The Kier molecular flexibility index (Phi) is 4.61. The molecule has 0 fully saturated rings. The molecule has 1 unspecified atom stereocenters. The van der Waals surface area contributed by atoms with Crippen molar-refractivity contribution in [3.8, 4) is 11.8 Å². The Morgan fingerprint density at radius 3 is 2.70 bits per heavy atom. The van der Waals surface area contributed by atoms with Crippen LogP contribution in [0.1, 0.15) is 20.3 Å². The van der Waals surface area contributed by atoms with Gasteiger partial charge in [-0.3, -0.25) is 4.79 Å². The van der Waals surface area contributed by atoms with Crippen LogP contribution in [-0.2, 0) is 9.53 Å². The van der Waals surface area contributed by atoms with Gasteiger partial charge in [-0.2, -0.15) is 0 Å². The summed E-state index contributed by atoms with van der Waals surface area (Å²) in [5, 5.41) is 0. The van der Waals surface area contributed by atoms with Crippen LogP contribution < -0.4 is 0 Å². The maximum Gasteiger partial charge on any atom is 0.173 e. The number of ketones is 1. The first-order chi connectivity index (χ1) is 4.72. The van der Waals surface area contributed by atoms with Crippen molar-refractivity contribution in [2.75, 3.05) is 7.11 Å². The fourth-order valence-electron chi connectivity index (χ4n) is 0.451. The number of ether oxygens (including phenoxy) is 1. The lowest BCUT2D eigenvalue weighted by Gasteiger charge is -2.03. The Bertz CT molecular complexity index is 162. The molecule has 0 N–H and O–H groups in total. The van der Waals surface area contributed by atoms with Crippen LogP contribution in [0, 0.1) is 11.8 Å². The highest BCUT2D eigenvalue weighted by Crippen LogP contribution is 1.92. The summed E-state index contributed by atoms with van der Waals surface area (Å²) in [6, 6.07) is 0. The first-order valence-electron chi connectivity index (χ1n) is 3.17. The first-order valence-corrected chi connectivity index (χ1v) is 3.17. The van der Waals surface area contributed by atoms with Crippen molar-refractivity contribution in [3.05, 3.63) is 0 Å². The lowest BCUT2D eigenvalue weighted by atomic mass is 10.2. The molecule has 2 nitrogen and oxygen atoms in total. The van der Waals surface area contributed by atoms with Crippen molar-refractivity contribution < 1.29 is 9.53 Å². The highest BCUT2D eigenvalue weighted by Gasteiger charge is 2.08. The third-order valence-electron chi connectivity index (χ3n) is 1.25. The van der Waals surface area contributed by atoms with Crippen LogP contribution in [-0.4, -0.2) is 19.0 Å². The Labute approximate surface area is 61.6 Å². The van der Waals surface area contributed by atoms with Crippen LogP contribution in [0.2, 0.25) is 0 Å². The lowest BCUT2D eigenvalue weighted by molar-refractivity contribution is -0.126. The van der Waals surface area contributed by atoms with Gasteiger partial charge in [0, 0.05) is 7.11 Å². The van der Waals surface area contributed by atoms with Gasteiger partial charge in [0.05, 0.1) is 6.42 Å². The van der Waals surface area contributed by atoms with Gasteiger partial charge in [0.15, 0.2) is 5.78 Å². The monoisotopic (exact) mass is 140 g/mol. The van der Waals surface area contributed by atoms with E-state index in [-0.39, 0.29) is 11.9 Å². The summed E-state index contributed by atoms with van der Waals surface area (Å²) in [5.74, 6) is 5.37. The predicted molar refractivity (Wildman–Crippen MR) is 39.5 cm³/mol. The first kappa shape index (κ1) is 9.19. The Hall–Kier alpha value is -0.810.